The Morgan fingerprint density at radius 2 is 1.90 bits per heavy atom. The van der Waals surface area contributed by atoms with Crippen LogP contribution >= 0.6 is 11.3 Å². The highest BCUT2D eigenvalue weighted by atomic mass is 32.1. The quantitative estimate of drug-likeness (QED) is 0.714. The van der Waals surface area contributed by atoms with Gasteiger partial charge in [-0.2, -0.15) is 18.3 Å². The maximum atomic E-state index is 12.5. The molecule has 0 aliphatic carbocycles. The molecule has 0 aliphatic heterocycles. The summed E-state index contributed by atoms with van der Waals surface area (Å²) in [6.45, 7) is 2.01. The van der Waals surface area contributed by atoms with Crippen molar-refractivity contribution in [2.45, 2.75) is 19.5 Å². The fourth-order valence-electron chi connectivity index (χ4n) is 1.85. The van der Waals surface area contributed by atoms with Crippen molar-refractivity contribution >= 4 is 16.3 Å². The first kappa shape index (κ1) is 13.1. The number of halogens is 3. The largest absolute Gasteiger partial charge is 0.416 e. The Labute approximate surface area is 116 Å². The predicted molar refractivity (Wildman–Crippen MR) is 70.7 cm³/mol. The fourth-order valence-corrected chi connectivity index (χ4v) is 2.67. The second-order valence-corrected chi connectivity index (χ2v) is 5.32. The minimum Gasteiger partial charge on any atom is -0.217 e. The Kier molecular flexibility index (Phi) is 3.01. The predicted octanol–water partition coefficient (Wildman–Crippen LogP) is 4.04. The van der Waals surface area contributed by atoms with Crippen LogP contribution in [0.1, 0.15) is 17.5 Å². The molecule has 3 rings (SSSR count). The normalized spacial score (nSPS) is 12.2. The lowest BCUT2D eigenvalue weighted by molar-refractivity contribution is -0.137. The first-order valence-electron chi connectivity index (χ1n) is 6.00. The smallest absolute Gasteiger partial charge is 0.217 e. The Morgan fingerprint density at radius 3 is 2.45 bits per heavy atom. The van der Waals surface area contributed by atoms with Gasteiger partial charge in [-0.25, -0.2) is 9.50 Å². The number of aromatic nitrogens is 3. The van der Waals surface area contributed by atoms with Crippen LogP contribution in [-0.4, -0.2) is 14.6 Å². The number of rotatable bonds is 2. The van der Waals surface area contributed by atoms with Crippen LogP contribution in [0.5, 0.6) is 0 Å². The van der Waals surface area contributed by atoms with Crippen molar-refractivity contribution < 1.29 is 13.2 Å². The molecule has 0 bridgehead atoms. The highest BCUT2D eigenvalue weighted by Gasteiger charge is 2.30. The molecule has 0 amide bonds. The average molecular weight is 297 g/mol. The summed E-state index contributed by atoms with van der Waals surface area (Å²) in [6, 6.07) is 4.98. The molecule has 3 aromatic rings. The summed E-state index contributed by atoms with van der Waals surface area (Å²) in [6.07, 6.45) is -1.75. The van der Waals surface area contributed by atoms with Crippen LogP contribution in [0, 0.1) is 0 Å². The summed E-state index contributed by atoms with van der Waals surface area (Å²) >= 11 is 1.48. The summed E-state index contributed by atoms with van der Waals surface area (Å²) in [4.78, 5) is 5.13. The number of nitrogens with zero attached hydrogens (tertiary/aromatic N) is 3. The van der Waals surface area contributed by atoms with Crippen molar-refractivity contribution in [1.82, 2.24) is 14.6 Å². The molecule has 0 saturated heterocycles. The van der Waals surface area contributed by atoms with Gasteiger partial charge in [0.15, 0.2) is 0 Å². The van der Waals surface area contributed by atoms with Crippen molar-refractivity contribution in [3.05, 3.63) is 41.0 Å². The Balaban J connectivity index is 1.96. The second-order valence-electron chi connectivity index (χ2n) is 4.28. The number of imidazole rings is 1. The molecule has 0 unspecified atom stereocenters. The molecule has 1 aromatic carbocycles. The average Bonchev–Trinajstić information content (AvgIpc) is 2.95. The van der Waals surface area contributed by atoms with Crippen molar-refractivity contribution in [3.8, 4) is 11.3 Å². The monoisotopic (exact) mass is 297 g/mol. The number of alkyl halides is 3. The van der Waals surface area contributed by atoms with Crippen LogP contribution in [0.15, 0.2) is 30.5 Å². The van der Waals surface area contributed by atoms with E-state index in [9.17, 15) is 13.2 Å². The molecule has 0 radical (unpaired) electrons. The molecule has 20 heavy (non-hydrogen) atoms. The molecule has 2 aromatic heterocycles. The van der Waals surface area contributed by atoms with E-state index in [-0.39, 0.29) is 0 Å². The second kappa shape index (κ2) is 4.59. The van der Waals surface area contributed by atoms with Crippen molar-refractivity contribution in [2.75, 3.05) is 0 Å². The van der Waals surface area contributed by atoms with Crippen LogP contribution in [0.25, 0.3) is 16.2 Å². The standard InChI is InChI=1S/C13H10F3N3S/c1-2-11-18-19-7-10(17-12(19)20-11)8-3-5-9(6-4-8)13(14,15)16/h3-7H,2H2,1H3. The van der Waals surface area contributed by atoms with Gasteiger partial charge in [-0.3, -0.25) is 0 Å². The van der Waals surface area contributed by atoms with Crippen molar-refractivity contribution in [3.63, 3.8) is 0 Å². The third-order valence-corrected chi connectivity index (χ3v) is 3.96. The highest BCUT2D eigenvalue weighted by molar-refractivity contribution is 7.16. The van der Waals surface area contributed by atoms with Crippen LogP contribution in [0.4, 0.5) is 13.2 Å². The zero-order chi connectivity index (χ0) is 14.3. The van der Waals surface area contributed by atoms with Crippen LogP contribution in [0.3, 0.4) is 0 Å². The molecule has 7 heteroatoms. The third kappa shape index (κ3) is 2.29. The Bertz CT molecular complexity index is 709. The number of benzene rings is 1. The van der Waals surface area contributed by atoms with E-state index < -0.39 is 11.7 Å². The van der Waals surface area contributed by atoms with E-state index in [0.29, 0.717) is 11.3 Å². The molecule has 0 atom stereocenters. The van der Waals surface area contributed by atoms with Gasteiger partial charge in [0.1, 0.15) is 5.01 Å². The first-order valence-corrected chi connectivity index (χ1v) is 6.82. The maximum Gasteiger partial charge on any atom is 0.416 e. The van der Waals surface area contributed by atoms with E-state index in [0.717, 1.165) is 28.5 Å². The van der Waals surface area contributed by atoms with Gasteiger partial charge < -0.3 is 0 Å². The molecule has 104 valence electrons. The van der Waals surface area contributed by atoms with Gasteiger partial charge in [0.2, 0.25) is 4.96 Å². The summed E-state index contributed by atoms with van der Waals surface area (Å²) in [5.41, 5.74) is 0.613. The van der Waals surface area contributed by atoms with Gasteiger partial charge in [-0.05, 0) is 18.6 Å². The van der Waals surface area contributed by atoms with E-state index >= 15 is 0 Å². The third-order valence-electron chi connectivity index (χ3n) is 2.90. The van der Waals surface area contributed by atoms with Crippen LogP contribution in [0.2, 0.25) is 0 Å². The highest BCUT2D eigenvalue weighted by Crippen LogP contribution is 2.31. The zero-order valence-corrected chi connectivity index (χ0v) is 11.3. The number of fused-ring (bicyclic) bond motifs is 1. The van der Waals surface area contributed by atoms with Gasteiger partial charge in [0.25, 0.3) is 0 Å². The summed E-state index contributed by atoms with van der Waals surface area (Å²) in [5.74, 6) is 0. The summed E-state index contributed by atoms with van der Waals surface area (Å²) < 4.78 is 39.1. The summed E-state index contributed by atoms with van der Waals surface area (Å²) in [7, 11) is 0. The number of hydrogen-bond donors (Lipinski definition) is 0. The van der Waals surface area contributed by atoms with E-state index in [1.165, 1.54) is 23.5 Å². The van der Waals surface area contributed by atoms with Gasteiger partial charge in [-0.1, -0.05) is 30.4 Å². The first-order chi connectivity index (χ1) is 9.47. The van der Waals surface area contributed by atoms with Crippen LogP contribution in [-0.2, 0) is 12.6 Å². The van der Waals surface area contributed by atoms with E-state index in [1.807, 2.05) is 6.92 Å². The van der Waals surface area contributed by atoms with E-state index in [1.54, 1.807) is 10.7 Å². The van der Waals surface area contributed by atoms with E-state index in [4.69, 9.17) is 0 Å². The lowest BCUT2D eigenvalue weighted by Gasteiger charge is -2.06. The fraction of sp³-hybridized carbons (Fsp3) is 0.231. The number of hydrogen-bond acceptors (Lipinski definition) is 3. The molecular weight excluding hydrogens is 287 g/mol. The summed E-state index contributed by atoms with van der Waals surface area (Å²) in [5, 5.41) is 5.31. The van der Waals surface area contributed by atoms with Gasteiger partial charge >= 0.3 is 6.18 Å². The van der Waals surface area contributed by atoms with E-state index in [2.05, 4.69) is 10.1 Å². The zero-order valence-electron chi connectivity index (χ0n) is 10.5. The molecular formula is C13H10F3N3S. The van der Waals surface area contributed by atoms with Gasteiger partial charge in [0.05, 0.1) is 17.5 Å². The Hall–Kier alpha value is -1.89. The Morgan fingerprint density at radius 1 is 1.20 bits per heavy atom. The SMILES string of the molecule is CCc1nn2cc(-c3ccc(C(F)(F)F)cc3)nc2s1. The lowest BCUT2D eigenvalue weighted by Crippen LogP contribution is -2.03. The molecule has 3 nitrogen and oxygen atoms in total. The maximum absolute atomic E-state index is 12.5. The topological polar surface area (TPSA) is 30.2 Å². The molecule has 0 fully saturated rings. The minimum atomic E-state index is -4.31. The van der Waals surface area contributed by atoms with Crippen molar-refractivity contribution in [2.24, 2.45) is 0 Å². The molecule has 0 N–H and O–H groups in total. The van der Waals surface area contributed by atoms with Gasteiger partial charge in [0, 0.05) is 5.56 Å². The molecule has 0 spiro atoms. The molecule has 2 heterocycles. The van der Waals surface area contributed by atoms with Crippen LogP contribution < -0.4 is 0 Å². The minimum absolute atomic E-state index is 0.625. The number of aryl methyl sites for hydroxylation is 1. The van der Waals surface area contributed by atoms with Crippen molar-refractivity contribution in [1.29, 1.82) is 0 Å². The lowest BCUT2D eigenvalue weighted by atomic mass is 10.1. The molecule has 0 saturated carbocycles. The van der Waals surface area contributed by atoms with Gasteiger partial charge in [-0.15, -0.1) is 0 Å². The molecule has 0 aliphatic rings.